The van der Waals surface area contributed by atoms with Gasteiger partial charge in [0.25, 0.3) is 0 Å². The molecule has 0 radical (unpaired) electrons. The van der Waals surface area contributed by atoms with Gasteiger partial charge in [-0.3, -0.25) is 0 Å². The van der Waals surface area contributed by atoms with Crippen LogP contribution in [0.5, 0.6) is 5.75 Å². The molecular formula is C17H16O4. The van der Waals surface area contributed by atoms with Gasteiger partial charge in [0.05, 0.1) is 13.4 Å². The molecule has 3 aromatic rings. The molecule has 2 heterocycles. The van der Waals surface area contributed by atoms with E-state index in [4.69, 9.17) is 13.6 Å². The molecule has 0 N–H and O–H groups in total. The van der Waals surface area contributed by atoms with Crippen LogP contribution in [0.15, 0.2) is 50.7 Å². The highest BCUT2D eigenvalue weighted by Gasteiger charge is 2.27. The number of ether oxygens (including phenoxy) is 1. The first-order chi connectivity index (χ1) is 9.99. The van der Waals surface area contributed by atoms with Crippen LogP contribution >= 0.6 is 0 Å². The molecule has 0 spiro atoms. The normalized spacial score (nSPS) is 12.0. The fraction of sp³-hybridized carbons (Fsp3) is 0.235. The summed E-state index contributed by atoms with van der Waals surface area (Å²) in [7, 11) is 1.53. The lowest BCUT2D eigenvalue weighted by Crippen LogP contribution is -2.15. The first-order valence-electron chi connectivity index (χ1n) is 6.64. The molecule has 0 aliphatic carbocycles. The molecule has 2 aromatic heterocycles. The van der Waals surface area contributed by atoms with Gasteiger partial charge in [-0.25, -0.2) is 4.79 Å². The van der Waals surface area contributed by atoms with Crippen molar-refractivity contribution in [3.05, 3.63) is 53.1 Å². The maximum Gasteiger partial charge on any atom is 0.336 e. The predicted molar refractivity (Wildman–Crippen MR) is 82.0 cm³/mol. The largest absolute Gasteiger partial charge is 0.490 e. The average Bonchev–Trinajstić information content (AvgIpc) is 2.92. The van der Waals surface area contributed by atoms with Gasteiger partial charge in [0.1, 0.15) is 0 Å². The van der Waals surface area contributed by atoms with E-state index in [-0.39, 0.29) is 5.41 Å². The van der Waals surface area contributed by atoms with Crippen LogP contribution in [-0.4, -0.2) is 7.11 Å². The van der Waals surface area contributed by atoms with Crippen molar-refractivity contribution in [1.29, 1.82) is 0 Å². The van der Waals surface area contributed by atoms with Crippen LogP contribution in [0.2, 0.25) is 0 Å². The van der Waals surface area contributed by atoms with Crippen LogP contribution in [0.3, 0.4) is 0 Å². The summed E-state index contributed by atoms with van der Waals surface area (Å²) in [5, 5.41) is 1.75. The highest BCUT2D eigenvalue weighted by molar-refractivity contribution is 6.04. The van der Waals surface area contributed by atoms with Gasteiger partial charge < -0.3 is 13.6 Å². The predicted octanol–water partition coefficient (Wildman–Crippen LogP) is 4.01. The highest BCUT2D eigenvalue weighted by atomic mass is 16.5. The van der Waals surface area contributed by atoms with Crippen LogP contribution in [-0.2, 0) is 5.41 Å². The summed E-state index contributed by atoms with van der Waals surface area (Å²) < 4.78 is 16.3. The number of benzene rings is 1. The van der Waals surface area contributed by atoms with Crippen molar-refractivity contribution < 1.29 is 13.6 Å². The summed E-state index contributed by atoms with van der Waals surface area (Å²) in [6.45, 7) is 8.02. The minimum absolute atomic E-state index is 0.313. The minimum atomic E-state index is -0.422. The van der Waals surface area contributed by atoms with Crippen molar-refractivity contribution in [3.63, 3.8) is 0 Å². The monoisotopic (exact) mass is 284 g/mol. The van der Waals surface area contributed by atoms with Crippen LogP contribution in [0.1, 0.15) is 19.4 Å². The Morgan fingerprint density at radius 1 is 1.19 bits per heavy atom. The lowest BCUT2D eigenvalue weighted by molar-refractivity contribution is 0.402. The smallest absolute Gasteiger partial charge is 0.336 e. The number of methoxy groups -OCH3 is 1. The Bertz CT molecular complexity index is 896. The Kier molecular flexibility index (Phi) is 2.90. The average molecular weight is 284 g/mol. The van der Waals surface area contributed by atoms with Gasteiger partial charge in [-0.2, -0.15) is 0 Å². The molecule has 108 valence electrons. The molecule has 21 heavy (non-hydrogen) atoms. The molecule has 0 saturated carbocycles. The third-order valence-electron chi connectivity index (χ3n) is 3.81. The van der Waals surface area contributed by atoms with Crippen molar-refractivity contribution in [1.82, 2.24) is 0 Å². The standard InChI is InChI=1S/C17H16O4/c1-5-17(2,3)13-10-6-7-12(18)21-15(10)16(19-4)14-11(13)8-9-20-14/h5-9H,1H2,2-4H3. The molecule has 0 unspecified atom stereocenters. The molecule has 0 atom stereocenters. The molecule has 0 aliphatic heterocycles. The van der Waals surface area contributed by atoms with Gasteiger partial charge in [0, 0.05) is 22.3 Å². The van der Waals surface area contributed by atoms with Crippen LogP contribution in [0.4, 0.5) is 0 Å². The van der Waals surface area contributed by atoms with E-state index >= 15 is 0 Å². The highest BCUT2D eigenvalue weighted by Crippen LogP contribution is 2.43. The Morgan fingerprint density at radius 2 is 1.90 bits per heavy atom. The summed E-state index contributed by atoms with van der Waals surface area (Å²) in [5.41, 5.74) is 1.24. The van der Waals surface area contributed by atoms with Gasteiger partial charge in [-0.15, -0.1) is 6.58 Å². The molecular weight excluding hydrogens is 268 g/mol. The number of allylic oxidation sites excluding steroid dienone is 1. The zero-order valence-corrected chi connectivity index (χ0v) is 12.2. The number of rotatable bonds is 3. The Balaban J connectivity index is 2.64. The summed E-state index contributed by atoms with van der Waals surface area (Å²) in [5.74, 6) is 0.436. The zero-order chi connectivity index (χ0) is 15.2. The molecule has 0 saturated heterocycles. The number of hydrogen-bond donors (Lipinski definition) is 0. The lowest BCUT2D eigenvalue weighted by Gasteiger charge is -2.23. The molecule has 4 nitrogen and oxygen atoms in total. The van der Waals surface area contributed by atoms with E-state index in [1.54, 1.807) is 12.3 Å². The van der Waals surface area contributed by atoms with E-state index in [2.05, 4.69) is 20.4 Å². The van der Waals surface area contributed by atoms with E-state index in [0.29, 0.717) is 16.9 Å². The van der Waals surface area contributed by atoms with Crippen LogP contribution < -0.4 is 10.4 Å². The third kappa shape index (κ3) is 1.87. The summed E-state index contributed by atoms with van der Waals surface area (Å²) in [6.07, 6.45) is 3.47. The minimum Gasteiger partial charge on any atom is -0.490 e. The maximum atomic E-state index is 11.6. The van der Waals surface area contributed by atoms with Crippen molar-refractivity contribution in [3.8, 4) is 5.75 Å². The summed E-state index contributed by atoms with van der Waals surface area (Å²) in [4.78, 5) is 11.6. The van der Waals surface area contributed by atoms with Gasteiger partial charge in [-0.05, 0) is 17.7 Å². The second kappa shape index (κ2) is 4.52. The molecule has 0 bridgehead atoms. The van der Waals surface area contributed by atoms with Gasteiger partial charge in [-0.1, -0.05) is 19.9 Å². The first kappa shape index (κ1) is 13.5. The lowest BCUT2D eigenvalue weighted by atomic mass is 9.80. The fourth-order valence-corrected chi connectivity index (χ4v) is 2.69. The van der Waals surface area contributed by atoms with Crippen molar-refractivity contribution >= 4 is 21.9 Å². The van der Waals surface area contributed by atoms with Gasteiger partial charge >= 0.3 is 5.63 Å². The summed E-state index contributed by atoms with van der Waals surface area (Å²) in [6, 6.07) is 5.07. The van der Waals surface area contributed by atoms with E-state index in [0.717, 1.165) is 16.3 Å². The van der Waals surface area contributed by atoms with Crippen molar-refractivity contribution in [2.75, 3.05) is 7.11 Å². The Morgan fingerprint density at radius 3 is 2.57 bits per heavy atom. The van der Waals surface area contributed by atoms with Crippen LogP contribution in [0, 0.1) is 0 Å². The van der Waals surface area contributed by atoms with Crippen molar-refractivity contribution in [2.45, 2.75) is 19.3 Å². The van der Waals surface area contributed by atoms with E-state index < -0.39 is 5.63 Å². The van der Waals surface area contributed by atoms with Crippen LogP contribution in [0.25, 0.3) is 21.9 Å². The molecule has 0 aliphatic rings. The topological polar surface area (TPSA) is 52.6 Å². The van der Waals surface area contributed by atoms with E-state index in [9.17, 15) is 4.79 Å². The van der Waals surface area contributed by atoms with Gasteiger partial charge in [0.2, 0.25) is 5.75 Å². The molecule has 4 heteroatoms. The third-order valence-corrected chi connectivity index (χ3v) is 3.81. The first-order valence-corrected chi connectivity index (χ1v) is 6.64. The molecule has 1 aromatic carbocycles. The fourth-order valence-electron chi connectivity index (χ4n) is 2.69. The van der Waals surface area contributed by atoms with E-state index in [1.807, 2.05) is 12.1 Å². The zero-order valence-electron chi connectivity index (χ0n) is 12.2. The molecule has 0 amide bonds. The quantitative estimate of drug-likeness (QED) is 0.538. The molecule has 0 fully saturated rings. The van der Waals surface area contributed by atoms with Crippen molar-refractivity contribution in [2.24, 2.45) is 0 Å². The second-order valence-electron chi connectivity index (χ2n) is 5.49. The number of hydrogen-bond acceptors (Lipinski definition) is 4. The maximum absolute atomic E-state index is 11.6. The Hall–Kier alpha value is -2.49. The number of furan rings is 1. The SMILES string of the molecule is C=CC(C)(C)c1c2ccoc2c(OC)c2oc(=O)ccc12. The van der Waals surface area contributed by atoms with E-state index in [1.165, 1.54) is 13.2 Å². The summed E-state index contributed by atoms with van der Waals surface area (Å²) >= 11 is 0. The molecule has 3 rings (SSSR count). The second-order valence-corrected chi connectivity index (χ2v) is 5.49. The van der Waals surface area contributed by atoms with Gasteiger partial charge in [0.15, 0.2) is 11.2 Å². The number of fused-ring (bicyclic) bond motifs is 2. The Labute approximate surface area is 121 Å².